The number of amides is 1. The third kappa shape index (κ3) is 5.72. The fraction of sp³-hybridized carbons (Fsp3) is 0.682. The van der Waals surface area contributed by atoms with Crippen LogP contribution in [0.2, 0.25) is 0 Å². The predicted octanol–water partition coefficient (Wildman–Crippen LogP) is 1.04. The maximum atomic E-state index is 12.5. The number of hydrogen-bond donors (Lipinski definition) is 3. The van der Waals surface area contributed by atoms with Gasteiger partial charge in [-0.3, -0.25) is 9.52 Å². The number of aliphatic hydroxyl groups excluding tert-OH is 1. The molecule has 178 valence electrons. The van der Waals surface area contributed by atoms with Gasteiger partial charge in [0.1, 0.15) is 18.0 Å². The summed E-state index contributed by atoms with van der Waals surface area (Å²) in [5, 5.41) is 12.9. The van der Waals surface area contributed by atoms with Crippen molar-refractivity contribution in [2.45, 2.75) is 56.3 Å². The molecule has 1 aromatic rings. The van der Waals surface area contributed by atoms with Gasteiger partial charge in [-0.15, -0.1) is 0 Å². The van der Waals surface area contributed by atoms with E-state index in [0.29, 0.717) is 24.4 Å². The number of anilines is 1. The maximum Gasteiger partial charge on any atom is 0.229 e. The largest absolute Gasteiger partial charge is 0.487 e. The van der Waals surface area contributed by atoms with Crippen molar-refractivity contribution >= 4 is 21.6 Å². The standard InChI is InChI=1S/C22H33N3O6S/c1-32(28,29)24-15-5-6-19-17(11-15)18-12-16(30-20(14-26)22(18)31-19)13-21(27)23-7-10-25-8-3-2-4-9-25/h5-6,11,16,18,20,22,24,26H,2-4,7-10,12-14H2,1H3,(H,23,27)/t16-,18-,20+,22+/m1/s1. The number of hydrogen-bond acceptors (Lipinski definition) is 7. The second-order valence-corrected chi connectivity index (χ2v) is 10.7. The van der Waals surface area contributed by atoms with Gasteiger partial charge in [0, 0.05) is 30.3 Å². The molecule has 3 aliphatic rings. The zero-order valence-electron chi connectivity index (χ0n) is 18.5. The van der Waals surface area contributed by atoms with Crippen LogP contribution < -0.4 is 14.8 Å². The van der Waals surface area contributed by atoms with Crippen LogP contribution in [0.1, 0.15) is 43.6 Å². The number of ether oxygens (including phenoxy) is 2. The SMILES string of the molecule is CS(=O)(=O)Nc1ccc2c(c1)[C@H]1C[C@H](CC(=O)NCCN3CCCCC3)O[C@@H](CO)[C@H]1O2. The molecular formula is C22H33N3O6S. The van der Waals surface area contributed by atoms with Gasteiger partial charge in [0.15, 0.2) is 0 Å². The Labute approximate surface area is 189 Å². The third-order valence-electron chi connectivity index (χ3n) is 6.41. The van der Waals surface area contributed by atoms with Crippen LogP contribution in [0.3, 0.4) is 0 Å². The molecule has 0 bridgehead atoms. The van der Waals surface area contributed by atoms with Crippen LogP contribution in [0.15, 0.2) is 18.2 Å². The van der Waals surface area contributed by atoms with Gasteiger partial charge in [-0.25, -0.2) is 8.42 Å². The number of nitrogens with one attached hydrogen (secondary N) is 2. The number of sulfonamides is 1. The first-order chi connectivity index (χ1) is 15.3. The topological polar surface area (TPSA) is 117 Å². The number of rotatable bonds is 8. The van der Waals surface area contributed by atoms with E-state index in [4.69, 9.17) is 9.47 Å². The van der Waals surface area contributed by atoms with E-state index >= 15 is 0 Å². The molecule has 0 aromatic heterocycles. The van der Waals surface area contributed by atoms with Crippen molar-refractivity contribution in [3.8, 4) is 5.75 Å². The third-order valence-corrected chi connectivity index (χ3v) is 7.02. The molecule has 4 atom stereocenters. The average Bonchev–Trinajstić information content (AvgIpc) is 3.11. The molecule has 4 rings (SSSR count). The maximum absolute atomic E-state index is 12.5. The van der Waals surface area contributed by atoms with E-state index in [1.165, 1.54) is 19.3 Å². The minimum Gasteiger partial charge on any atom is -0.487 e. The molecule has 0 aliphatic carbocycles. The summed E-state index contributed by atoms with van der Waals surface area (Å²) in [6.07, 6.45) is 4.38. The number of fused-ring (bicyclic) bond motifs is 3. The van der Waals surface area contributed by atoms with Crippen LogP contribution >= 0.6 is 0 Å². The zero-order chi connectivity index (χ0) is 22.7. The van der Waals surface area contributed by atoms with E-state index in [0.717, 1.165) is 31.5 Å². The molecule has 3 N–H and O–H groups in total. The lowest BCUT2D eigenvalue weighted by Crippen LogP contribution is -2.47. The van der Waals surface area contributed by atoms with Gasteiger partial charge in [0.25, 0.3) is 0 Å². The summed E-state index contributed by atoms with van der Waals surface area (Å²) in [6.45, 7) is 3.46. The summed E-state index contributed by atoms with van der Waals surface area (Å²) in [5.41, 5.74) is 1.34. The first kappa shape index (κ1) is 23.3. The lowest BCUT2D eigenvalue weighted by atomic mass is 9.84. The summed E-state index contributed by atoms with van der Waals surface area (Å²) >= 11 is 0. The minimum atomic E-state index is -3.40. The highest BCUT2D eigenvalue weighted by Crippen LogP contribution is 2.47. The highest BCUT2D eigenvalue weighted by atomic mass is 32.2. The molecule has 2 saturated heterocycles. The Balaban J connectivity index is 1.37. The zero-order valence-corrected chi connectivity index (χ0v) is 19.3. The molecule has 0 spiro atoms. The summed E-state index contributed by atoms with van der Waals surface area (Å²) in [4.78, 5) is 14.9. The molecule has 10 heteroatoms. The normalized spacial score (nSPS) is 27.8. The van der Waals surface area contributed by atoms with Crippen molar-refractivity contribution in [2.24, 2.45) is 0 Å². The lowest BCUT2D eigenvalue weighted by Gasteiger charge is -2.37. The quantitative estimate of drug-likeness (QED) is 0.523. The van der Waals surface area contributed by atoms with Crippen LogP contribution in [0.25, 0.3) is 0 Å². The van der Waals surface area contributed by atoms with Crippen molar-refractivity contribution in [3.63, 3.8) is 0 Å². The van der Waals surface area contributed by atoms with Crippen molar-refractivity contribution in [1.29, 1.82) is 0 Å². The highest BCUT2D eigenvalue weighted by molar-refractivity contribution is 7.92. The Bertz CT molecular complexity index is 918. The first-order valence-corrected chi connectivity index (χ1v) is 13.3. The van der Waals surface area contributed by atoms with Crippen molar-refractivity contribution in [3.05, 3.63) is 23.8 Å². The molecule has 0 radical (unpaired) electrons. The Hall–Kier alpha value is -1.88. The lowest BCUT2D eigenvalue weighted by molar-refractivity contribution is -0.142. The average molecular weight is 468 g/mol. The van der Waals surface area contributed by atoms with Gasteiger partial charge in [-0.05, 0) is 50.6 Å². The fourth-order valence-corrected chi connectivity index (χ4v) is 5.54. The smallest absolute Gasteiger partial charge is 0.229 e. The first-order valence-electron chi connectivity index (χ1n) is 11.4. The van der Waals surface area contributed by atoms with Crippen LogP contribution in [0.5, 0.6) is 5.75 Å². The van der Waals surface area contributed by atoms with E-state index in [1.54, 1.807) is 18.2 Å². The number of carbonyl (C=O) groups is 1. The Morgan fingerprint density at radius 1 is 1.25 bits per heavy atom. The fourth-order valence-electron chi connectivity index (χ4n) is 4.98. The highest BCUT2D eigenvalue weighted by Gasteiger charge is 2.46. The number of likely N-dealkylation sites (tertiary alicyclic amines) is 1. The molecule has 0 saturated carbocycles. The van der Waals surface area contributed by atoms with Crippen molar-refractivity contribution in [1.82, 2.24) is 10.2 Å². The molecule has 3 heterocycles. The van der Waals surface area contributed by atoms with E-state index in [2.05, 4.69) is 14.9 Å². The van der Waals surface area contributed by atoms with Gasteiger partial charge in [-0.1, -0.05) is 6.42 Å². The van der Waals surface area contributed by atoms with E-state index in [-0.39, 0.29) is 37.1 Å². The van der Waals surface area contributed by atoms with Crippen LogP contribution in [0.4, 0.5) is 5.69 Å². The summed E-state index contributed by atoms with van der Waals surface area (Å²) in [5.74, 6) is 0.518. The van der Waals surface area contributed by atoms with Gasteiger partial charge in [-0.2, -0.15) is 0 Å². The van der Waals surface area contributed by atoms with Crippen LogP contribution in [-0.2, 0) is 19.6 Å². The second-order valence-electron chi connectivity index (χ2n) is 8.99. The minimum absolute atomic E-state index is 0.0613. The van der Waals surface area contributed by atoms with Gasteiger partial charge >= 0.3 is 0 Å². The molecule has 32 heavy (non-hydrogen) atoms. The second kappa shape index (κ2) is 9.94. The number of carbonyl (C=O) groups excluding carboxylic acids is 1. The van der Waals surface area contributed by atoms with E-state index in [1.807, 2.05) is 0 Å². The van der Waals surface area contributed by atoms with Crippen molar-refractivity contribution < 1.29 is 27.8 Å². The van der Waals surface area contributed by atoms with Crippen LogP contribution in [0, 0.1) is 0 Å². The Morgan fingerprint density at radius 2 is 2.03 bits per heavy atom. The molecule has 3 aliphatic heterocycles. The molecule has 1 aromatic carbocycles. The molecule has 2 fully saturated rings. The number of piperidine rings is 1. The molecule has 1 amide bonds. The summed E-state index contributed by atoms with van der Waals surface area (Å²) in [6, 6.07) is 5.16. The van der Waals surface area contributed by atoms with Crippen molar-refractivity contribution in [2.75, 3.05) is 43.8 Å². The van der Waals surface area contributed by atoms with Gasteiger partial charge in [0.2, 0.25) is 15.9 Å². The predicted molar refractivity (Wildman–Crippen MR) is 120 cm³/mol. The van der Waals surface area contributed by atoms with Gasteiger partial charge < -0.3 is 24.8 Å². The molecule has 9 nitrogen and oxygen atoms in total. The summed E-state index contributed by atoms with van der Waals surface area (Å²) < 4.78 is 37.7. The molecular weight excluding hydrogens is 434 g/mol. The Kier molecular flexibility index (Phi) is 7.24. The number of aliphatic hydroxyl groups is 1. The van der Waals surface area contributed by atoms with Gasteiger partial charge in [0.05, 0.1) is 25.4 Å². The van der Waals surface area contributed by atoms with E-state index in [9.17, 15) is 18.3 Å². The summed E-state index contributed by atoms with van der Waals surface area (Å²) in [7, 11) is -3.40. The molecule has 0 unspecified atom stereocenters. The number of nitrogens with zero attached hydrogens (tertiary/aromatic N) is 1. The Morgan fingerprint density at radius 3 is 2.75 bits per heavy atom. The van der Waals surface area contributed by atoms with E-state index < -0.39 is 16.1 Å². The van der Waals surface area contributed by atoms with Crippen LogP contribution in [-0.4, -0.2) is 81.7 Å². The number of benzene rings is 1. The monoisotopic (exact) mass is 467 g/mol.